The second-order valence-electron chi connectivity index (χ2n) is 8.95. The Kier molecular flexibility index (Phi) is 6.19. The van der Waals surface area contributed by atoms with Gasteiger partial charge in [0, 0.05) is 31.7 Å². The van der Waals surface area contributed by atoms with Crippen LogP contribution in [-0.2, 0) is 17.8 Å². The molecule has 0 aromatic heterocycles. The van der Waals surface area contributed by atoms with E-state index in [1.807, 2.05) is 18.0 Å². The Bertz CT molecular complexity index is 940. The third kappa shape index (κ3) is 4.69. The third-order valence-electron chi connectivity index (χ3n) is 6.68. The van der Waals surface area contributed by atoms with Gasteiger partial charge in [-0.1, -0.05) is 24.3 Å². The van der Waals surface area contributed by atoms with Crippen molar-refractivity contribution in [1.82, 2.24) is 9.80 Å². The molecule has 4 rings (SSSR count). The number of nitrogens with zero attached hydrogens (tertiary/aromatic N) is 2. The van der Waals surface area contributed by atoms with Crippen molar-refractivity contribution in [3.8, 4) is 11.5 Å². The fraction of sp³-hybridized carbons (Fsp3) is 0.480. The van der Waals surface area contributed by atoms with E-state index in [4.69, 9.17) is 9.47 Å². The molecule has 1 fully saturated rings. The zero-order valence-corrected chi connectivity index (χ0v) is 18.6. The normalized spacial score (nSPS) is 23.5. The number of fused-ring (bicyclic) bond motifs is 1. The van der Waals surface area contributed by atoms with Crippen molar-refractivity contribution < 1.29 is 18.7 Å². The van der Waals surface area contributed by atoms with Crippen LogP contribution in [0.1, 0.15) is 36.8 Å². The standard InChI is InChI=1S/C25H31FN2O3/c1-27-16-19-6-4-5-7-22(19)31-25(17-27)12-10-20(11-13-25)28(2)24(29)15-18-8-9-23(30-3)21(26)14-18/h4-9,14,20H,10-13,15-17H2,1-3H3. The van der Waals surface area contributed by atoms with Gasteiger partial charge in [0.25, 0.3) is 0 Å². The number of carbonyl (C=O) groups excluding carboxylic acids is 1. The molecule has 1 aliphatic heterocycles. The molecule has 0 radical (unpaired) electrons. The van der Waals surface area contributed by atoms with Gasteiger partial charge >= 0.3 is 0 Å². The van der Waals surface area contributed by atoms with Gasteiger partial charge in [-0.15, -0.1) is 0 Å². The monoisotopic (exact) mass is 426 g/mol. The van der Waals surface area contributed by atoms with Gasteiger partial charge in [-0.3, -0.25) is 9.69 Å². The van der Waals surface area contributed by atoms with Crippen LogP contribution < -0.4 is 9.47 Å². The molecule has 2 aromatic carbocycles. The summed E-state index contributed by atoms with van der Waals surface area (Å²) in [5, 5.41) is 0. The average Bonchev–Trinajstić information content (AvgIpc) is 2.88. The number of likely N-dealkylation sites (N-methyl/N-ethyl adjacent to an activating group) is 2. The summed E-state index contributed by atoms with van der Waals surface area (Å²) >= 11 is 0. The van der Waals surface area contributed by atoms with E-state index in [9.17, 15) is 9.18 Å². The Morgan fingerprint density at radius 1 is 1.26 bits per heavy atom. The Hall–Kier alpha value is -2.60. The first-order valence-electron chi connectivity index (χ1n) is 10.9. The minimum atomic E-state index is -0.440. The molecule has 2 aromatic rings. The number of methoxy groups -OCH3 is 1. The molecule has 1 amide bonds. The first-order chi connectivity index (χ1) is 14.9. The molecule has 31 heavy (non-hydrogen) atoms. The van der Waals surface area contributed by atoms with Crippen LogP contribution in [0.5, 0.6) is 11.5 Å². The van der Waals surface area contributed by atoms with Crippen molar-refractivity contribution in [2.75, 3.05) is 27.7 Å². The number of carbonyl (C=O) groups is 1. The highest BCUT2D eigenvalue weighted by Crippen LogP contribution is 2.39. The van der Waals surface area contributed by atoms with Crippen LogP contribution in [-0.4, -0.2) is 55.1 Å². The van der Waals surface area contributed by atoms with Crippen molar-refractivity contribution in [1.29, 1.82) is 0 Å². The topological polar surface area (TPSA) is 42.0 Å². The fourth-order valence-corrected chi connectivity index (χ4v) is 4.94. The lowest BCUT2D eigenvalue weighted by atomic mass is 9.81. The van der Waals surface area contributed by atoms with Crippen LogP contribution in [0.15, 0.2) is 42.5 Å². The molecule has 0 saturated heterocycles. The molecular weight excluding hydrogens is 395 g/mol. The lowest BCUT2D eigenvalue weighted by molar-refractivity contribution is -0.133. The molecule has 6 heteroatoms. The SMILES string of the molecule is COc1ccc(CC(=O)N(C)C2CCC3(CC2)CN(C)Cc2ccccc2O3)cc1F. The Morgan fingerprint density at radius 2 is 2.00 bits per heavy atom. The Balaban J connectivity index is 1.39. The van der Waals surface area contributed by atoms with Crippen molar-refractivity contribution in [3.05, 3.63) is 59.4 Å². The smallest absolute Gasteiger partial charge is 0.226 e. The molecule has 0 atom stereocenters. The van der Waals surface area contributed by atoms with Crippen LogP contribution in [0.4, 0.5) is 4.39 Å². The first kappa shape index (κ1) is 21.6. The minimum Gasteiger partial charge on any atom is -0.494 e. The molecule has 166 valence electrons. The van der Waals surface area contributed by atoms with Crippen molar-refractivity contribution >= 4 is 5.91 Å². The maximum absolute atomic E-state index is 14.0. The third-order valence-corrected chi connectivity index (χ3v) is 6.68. The lowest BCUT2D eigenvalue weighted by Gasteiger charge is -2.43. The zero-order valence-electron chi connectivity index (χ0n) is 18.6. The van der Waals surface area contributed by atoms with Crippen LogP contribution in [0, 0.1) is 5.82 Å². The van der Waals surface area contributed by atoms with E-state index in [1.54, 1.807) is 12.1 Å². The predicted molar refractivity (Wildman–Crippen MR) is 118 cm³/mol. The number of ether oxygens (including phenoxy) is 2. The molecule has 1 saturated carbocycles. The summed E-state index contributed by atoms with van der Waals surface area (Å²) in [4.78, 5) is 17.0. The van der Waals surface area contributed by atoms with E-state index in [-0.39, 0.29) is 29.7 Å². The number of benzene rings is 2. The number of halogens is 1. The van der Waals surface area contributed by atoms with Gasteiger partial charge in [0.1, 0.15) is 11.4 Å². The minimum absolute atomic E-state index is 0.00904. The Labute approximate surface area is 183 Å². The summed E-state index contributed by atoms with van der Waals surface area (Å²) in [6, 6.07) is 13.1. The summed E-state index contributed by atoms with van der Waals surface area (Å²) in [5.74, 6) is 0.744. The van der Waals surface area contributed by atoms with Gasteiger partial charge in [-0.25, -0.2) is 4.39 Å². The van der Waals surface area contributed by atoms with Gasteiger partial charge in [0.15, 0.2) is 11.6 Å². The lowest BCUT2D eigenvalue weighted by Crippen LogP contribution is -2.51. The van der Waals surface area contributed by atoms with Crippen LogP contribution in [0.3, 0.4) is 0 Å². The predicted octanol–water partition coefficient (Wildman–Crippen LogP) is 4.04. The Morgan fingerprint density at radius 3 is 2.71 bits per heavy atom. The maximum atomic E-state index is 14.0. The zero-order chi connectivity index (χ0) is 22.0. The number of rotatable bonds is 4. The van der Waals surface area contributed by atoms with Crippen molar-refractivity contribution in [3.63, 3.8) is 0 Å². The quantitative estimate of drug-likeness (QED) is 0.740. The van der Waals surface area contributed by atoms with Crippen molar-refractivity contribution in [2.45, 2.75) is 50.3 Å². The van der Waals surface area contributed by atoms with Crippen LogP contribution in [0.25, 0.3) is 0 Å². The molecule has 0 bridgehead atoms. The largest absolute Gasteiger partial charge is 0.494 e. The molecular formula is C25H31FN2O3. The molecule has 0 unspecified atom stereocenters. The molecule has 1 aliphatic carbocycles. The molecule has 2 aliphatic rings. The highest BCUT2D eigenvalue weighted by molar-refractivity contribution is 5.78. The average molecular weight is 427 g/mol. The van der Waals surface area contributed by atoms with E-state index in [2.05, 4.69) is 30.1 Å². The second kappa shape index (κ2) is 8.87. The van der Waals surface area contributed by atoms with E-state index in [1.165, 1.54) is 18.7 Å². The van der Waals surface area contributed by atoms with E-state index in [0.717, 1.165) is 44.5 Å². The number of amides is 1. The number of hydrogen-bond acceptors (Lipinski definition) is 4. The van der Waals surface area contributed by atoms with E-state index in [0.29, 0.717) is 5.56 Å². The highest BCUT2D eigenvalue weighted by Gasteiger charge is 2.41. The van der Waals surface area contributed by atoms with Crippen LogP contribution in [0.2, 0.25) is 0 Å². The number of para-hydroxylation sites is 1. The molecule has 0 N–H and O–H groups in total. The van der Waals surface area contributed by atoms with Gasteiger partial charge in [-0.2, -0.15) is 0 Å². The summed E-state index contributed by atoms with van der Waals surface area (Å²) in [6.45, 7) is 1.77. The first-order valence-corrected chi connectivity index (χ1v) is 10.9. The summed E-state index contributed by atoms with van der Waals surface area (Å²) in [6.07, 6.45) is 3.80. The van der Waals surface area contributed by atoms with Gasteiger partial charge in [0.2, 0.25) is 5.91 Å². The highest BCUT2D eigenvalue weighted by atomic mass is 19.1. The van der Waals surface area contributed by atoms with Gasteiger partial charge in [0.05, 0.1) is 13.5 Å². The summed E-state index contributed by atoms with van der Waals surface area (Å²) < 4.78 is 25.5. The summed E-state index contributed by atoms with van der Waals surface area (Å²) in [7, 11) is 5.43. The molecule has 1 spiro atoms. The fourth-order valence-electron chi connectivity index (χ4n) is 4.94. The summed E-state index contributed by atoms with van der Waals surface area (Å²) in [5.41, 5.74) is 1.68. The molecule has 5 nitrogen and oxygen atoms in total. The second-order valence-corrected chi connectivity index (χ2v) is 8.95. The number of hydrogen-bond donors (Lipinski definition) is 0. The van der Waals surface area contributed by atoms with Crippen LogP contribution >= 0.6 is 0 Å². The van der Waals surface area contributed by atoms with E-state index < -0.39 is 5.82 Å². The van der Waals surface area contributed by atoms with Gasteiger partial charge in [-0.05, 0) is 56.5 Å². The van der Waals surface area contributed by atoms with Crippen molar-refractivity contribution in [2.24, 2.45) is 0 Å². The molecule has 1 heterocycles. The van der Waals surface area contributed by atoms with E-state index >= 15 is 0 Å². The maximum Gasteiger partial charge on any atom is 0.226 e. The van der Waals surface area contributed by atoms with Gasteiger partial charge < -0.3 is 14.4 Å².